The molecule has 1 atom stereocenters. The van der Waals surface area contributed by atoms with Crippen LogP contribution in [-0.2, 0) is 16.4 Å². The first-order valence-corrected chi connectivity index (χ1v) is 9.74. The van der Waals surface area contributed by atoms with Gasteiger partial charge in [-0.2, -0.15) is 0 Å². The molecular weight excluding hydrogens is 343 g/mol. The van der Waals surface area contributed by atoms with Crippen LogP contribution in [0.2, 0.25) is 0 Å². The number of hydrogen-bond donors (Lipinski definition) is 2. The number of nitrogens with one attached hydrogen (secondary N) is 2. The molecule has 0 heterocycles. The normalized spacial score (nSPS) is 12.6. The second-order valence-electron chi connectivity index (χ2n) is 5.83. The third-order valence-electron chi connectivity index (χ3n) is 3.71. The molecule has 0 saturated carbocycles. The molecule has 0 fully saturated rings. The summed E-state index contributed by atoms with van der Waals surface area (Å²) in [5, 5.41) is 2.77. The standard InChI is InChI=1S/C18H21FN2O3S/c1-13(16-5-3-4-6-17(16)19)21-18(22)15-9-7-14(8-10-15)11-12-20-25(2,23)24/h3-10,13,20H,11-12H2,1-2H3,(H,21,22)/t13-/m1/s1. The van der Waals surface area contributed by atoms with E-state index in [1.54, 1.807) is 49.4 Å². The molecule has 25 heavy (non-hydrogen) atoms. The predicted octanol–water partition coefficient (Wildman–Crippen LogP) is 2.41. The molecular formula is C18H21FN2O3S. The molecule has 2 aromatic carbocycles. The first kappa shape index (κ1) is 19.1. The average molecular weight is 364 g/mol. The average Bonchev–Trinajstić information content (AvgIpc) is 2.54. The van der Waals surface area contributed by atoms with Crippen LogP contribution in [0.15, 0.2) is 48.5 Å². The molecule has 0 bridgehead atoms. The van der Waals surface area contributed by atoms with Gasteiger partial charge in [0, 0.05) is 17.7 Å². The Labute approximate surface area is 147 Å². The van der Waals surface area contributed by atoms with Gasteiger partial charge in [0.05, 0.1) is 12.3 Å². The Kier molecular flexibility index (Phi) is 6.27. The van der Waals surface area contributed by atoms with Gasteiger partial charge in [-0.3, -0.25) is 4.79 Å². The smallest absolute Gasteiger partial charge is 0.251 e. The molecule has 1 amide bonds. The molecule has 0 aliphatic heterocycles. The molecule has 5 nitrogen and oxygen atoms in total. The molecule has 2 rings (SSSR count). The Morgan fingerprint density at radius 1 is 1.12 bits per heavy atom. The van der Waals surface area contributed by atoms with E-state index < -0.39 is 16.1 Å². The van der Waals surface area contributed by atoms with Gasteiger partial charge >= 0.3 is 0 Å². The number of hydrogen-bond acceptors (Lipinski definition) is 3. The lowest BCUT2D eigenvalue weighted by molar-refractivity contribution is 0.0939. The van der Waals surface area contributed by atoms with Crippen molar-refractivity contribution < 1.29 is 17.6 Å². The minimum atomic E-state index is -3.20. The van der Waals surface area contributed by atoms with Crippen LogP contribution in [0.1, 0.15) is 34.5 Å². The van der Waals surface area contributed by atoms with E-state index in [4.69, 9.17) is 0 Å². The molecule has 0 saturated heterocycles. The highest BCUT2D eigenvalue weighted by atomic mass is 32.2. The van der Waals surface area contributed by atoms with Gasteiger partial charge < -0.3 is 5.32 Å². The maximum absolute atomic E-state index is 13.7. The summed E-state index contributed by atoms with van der Waals surface area (Å²) in [7, 11) is -3.20. The minimum Gasteiger partial charge on any atom is -0.345 e. The maximum atomic E-state index is 13.7. The zero-order chi connectivity index (χ0) is 18.4. The van der Waals surface area contributed by atoms with Gasteiger partial charge in [-0.15, -0.1) is 0 Å². The number of rotatable bonds is 7. The maximum Gasteiger partial charge on any atom is 0.251 e. The molecule has 2 N–H and O–H groups in total. The van der Waals surface area contributed by atoms with Crippen LogP contribution in [0.4, 0.5) is 4.39 Å². The SMILES string of the molecule is C[C@@H](NC(=O)c1ccc(CCNS(C)(=O)=O)cc1)c1ccccc1F. The van der Waals surface area contributed by atoms with Crippen molar-refractivity contribution in [1.82, 2.24) is 10.0 Å². The highest BCUT2D eigenvalue weighted by Gasteiger charge is 2.14. The van der Waals surface area contributed by atoms with Crippen LogP contribution in [0.5, 0.6) is 0 Å². The van der Waals surface area contributed by atoms with Gasteiger partial charge in [0.2, 0.25) is 10.0 Å². The van der Waals surface area contributed by atoms with Gasteiger partial charge in [-0.25, -0.2) is 17.5 Å². The highest BCUT2D eigenvalue weighted by molar-refractivity contribution is 7.88. The lowest BCUT2D eigenvalue weighted by atomic mass is 10.1. The van der Waals surface area contributed by atoms with Crippen molar-refractivity contribution in [2.24, 2.45) is 0 Å². The summed E-state index contributed by atoms with van der Waals surface area (Å²) < 4.78 is 38.2. The van der Waals surface area contributed by atoms with Crippen molar-refractivity contribution in [1.29, 1.82) is 0 Å². The van der Waals surface area contributed by atoms with Crippen LogP contribution in [0.3, 0.4) is 0 Å². The van der Waals surface area contributed by atoms with Crippen LogP contribution in [-0.4, -0.2) is 27.1 Å². The monoisotopic (exact) mass is 364 g/mol. The fourth-order valence-electron chi connectivity index (χ4n) is 2.39. The summed E-state index contributed by atoms with van der Waals surface area (Å²) >= 11 is 0. The van der Waals surface area contributed by atoms with Crippen LogP contribution in [0, 0.1) is 5.82 Å². The number of carbonyl (C=O) groups is 1. The second kappa shape index (κ2) is 8.22. The van der Waals surface area contributed by atoms with E-state index in [0.717, 1.165) is 11.8 Å². The van der Waals surface area contributed by atoms with Gasteiger partial charge in [-0.05, 0) is 37.1 Å². The van der Waals surface area contributed by atoms with Crippen LogP contribution >= 0.6 is 0 Å². The van der Waals surface area contributed by atoms with Gasteiger partial charge in [-0.1, -0.05) is 30.3 Å². The predicted molar refractivity (Wildman–Crippen MR) is 95.3 cm³/mol. The van der Waals surface area contributed by atoms with E-state index in [9.17, 15) is 17.6 Å². The van der Waals surface area contributed by atoms with Crippen molar-refractivity contribution in [3.05, 3.63) is 71.0 Å². The molecule has 0 aliphatic carbocycles. The largest absolute Gasteiger partial charge is 0.345 e. The molecule has 0 spiro atoms. The molecule has 0 unspecified atom stereocenters. The lowest BCUT2D eigenvalue weighted by Crippen LogP contribution is -2.27. The Balaban J connectivity index is 1.95. The molecule has 0 radical (unpaired) electrons. The number of carbonyl (C=O) groups excluding carboxylic acids is 1. The topological polar surface area (TPSA) is 75.3 Å². The number of benzene rings is 2. The number of halogens is 1. The first-order valence-electron chi connectivity index (χ1n) is 7.85. The van der Waals surface area contributed by atoms with E-state index in [1.165, 1.54) is 6.07 Å². The molecule has 0 aliphatic rings. The van der Waals surface area contributed by atoms with Crippen molar-refractivity contribution >= 4 is 15.9 Å². The third kappa shape index (κ3) is 5.95. The van der Waals surface area contributed by atoms with Crippen molar-refractivity contribution in [3.63, 3.8) is 0 Å². The van der Waals surface area contributed by atoms with Crippen molar-refractivity contribution in [3.8, 4) is 0 Å². The third-order valence-corrected chi connectivity index (χ3v) is 4.44. The Morgan fingerprint density at radius 2 is 1.76 bits per heavy atom. The van der Waals surface area contributed by atoms with E-state index in [2.05, 4.69) is 10.0 Å². The van der Waals surface area contributed by atoms with Crippen LogP contribution in [0.25, 0.3) is 0 Å². The summed E-state index contributed by atoms with van der Waals surface area (Å²) in [4.78, 5) is 12.3. The summed E-state index contributed by atoms with van der Waals surface area (Å²) in [5.41, 5.74) is 1.80. The van der Waals surface area contributed by atoms with Gasteiger partial charge in [0.1, 0.15) is 5.82 Å². The van der Waals surface area contributed by atoms with E-state index in [0.29, 0.717) is 24.1 Å². The summed E-state index contributed by atoms with van der Waals surface area (Å²) in [5.74, 6) is -0.652. The fraction of sp³-hybridized carbons (Fsp3) is 0.278. The quantitative estimate of drug-likeness (QED) is 0.792. The number of amides is 1. The van der Waals surface area contributed by atoms with E-state index >= 15 is 0 Å². The lowest BCUT2D eigenvalue weighted by Gasteiger charge is -2.15. The molecule has 134 valence electrons. The van der Waals surface area contributed by atoms with E-state index in [-0.39, 0.29) is 11.7 Å². The second-order valence-corrected chi connectivity index (χ2v) is 7.66. The number of sulfonamides is 1. The Hall–Kier alpha value is -2.25. The first-order chi connectivity index (χ1) is 11.8. The van der Waals surface area contributed by atoms with Gasteiger partial charge in [0.25, 0.3) is 5.91 Å². The zero-order valence-corrected chi connectivity index (χ0v) is 14.9. The Morgan fingerprint density at radius 3 is 2.36 bits per heavy atom. The van der Waals surface area contributed by atoms with Crippen molar-refractivity contribution in [2.75, 3.05) is 12.8 Å². The summed E-state index contributed by atoms with van der Waals surface area (Å²) in [6, 6.07) is 12.7. The molecule has 7 heteroatoms. The van der Waals surface area contributed by atoms with Crippen molar-refractivity contribution in [2.45, 2.75) is 19.4 Å². The van der Waals surface area contributed by atoms with Gasteiger partial charge in [0.15, 0.2) is 0 Å². The van der Waals surface area contributed by atoms with E-state index in [1.807, 2.05) is 0 Å². The highest BCUT2D eigenvalue weighted by Crippen LogP contribution is 2.17. The summed E-state index contributed by atoms with van der Waals surface area (Å²) in [6.07, 6.45) is 1.64. The fourth-order valence-corrected chi connectivity index (χ4v) is 2.86. The molecule has 2 aromatic rings. The minimum absolute atomic E-state index is 0.295. The zero-order valence-electron chi connectivity index (χ0n) is 14.1. The molecule has 0 aromatic heterocycles. The summed E-state index contributed by atoms with van der Waals surface area (Å²) in [6.45, 7) is 2.02. The van der Waals surface area contributed by atoms with Crippen LogP contribution < -0.4 is 10.0 Å². The Bertz CT molecular complexity index is 836.